The third-order valence-electron chi connectivity index (χ3n) is 18.1. The van der Waals surface area contributed by atoms with Crippen LogP contribution in [-0.4, -0.2) is 303 Å². The number of primary amides is 2. The van der Waals surface area contributed by atoms with Gasteiger partial charge in [-0.2, -0.15) is 12.6 Å². The number of aliphatic carboxylic acids is 2. The summed E-state index contributed by atoms with van der Waals surface area (Å²) in [4.78, 5) is 254. The molecule has 0 bridgehead atoms. The number of thiol groups is 1. The van der Waals surface area contributed by atoms with Gasteiger partial charge in [0.15, 0.2) is 5.96 Å². The smallest absolute Gasteiger partial charge is 0.327 e. The summed E-state index contributed by atoms with van der Waals surface area (Å²) in [7, 11) is 0. The van der Waals surface area contributed by atoms with Crippen molar-refractivity contribution in [2.24, 2.45) is 40.5 Å². The van der Waals surface area contributed by atoms with E-state index in [1.54, 1.807) is 32.0 Å². The molecule has 1 aromatic rings. The summed E-state index contributed by atoms with van der Waals surface area (Å²) < 4.78 is 0. The molecule has 1 aliphatic rings. The maximum atomic E-state index is 14.5. The number of guanidine groups is 1. The first kappa shape index (κ1) is 104. The van der Waals surface area contributed by atoms with Crippen molar-refractivity contribution in [3.63, 3.8) is 0 Å². The van der Waals surface area contributed by atoms with Gasteiger partial charge in [-0.1, -0.05) is 58.0 Å². The average molecular weight is 1710 g/mol. The van der Waals surface area contributed by atoms with Crippen LogP contribution in [0.1, 0.15) is 124 Å². The molecule has 32 N–H and O–H groups in total. The molecule has 0 aromatic heterocycles. The number of aliphatic hydroxyl groups is 4. The largest absolute Gasteiger partial charge is 0.481 e. The Morgan fingerprint density at radius 2 is 0.975 bits per heavy atom. The molecule has 0 radical (unpaired) electrons. The van der Waals surface area contributed by atoms with Crippen LogP contribution in [0.5, 0.6) is 0 Å². The molecular weight excluding hydrogens is 1590 g/mol. The second-order valence-electron chi connectivity index (χ2n) is 28.7. The summed E-state index contributed by atoms with van der Waals surface area (Å²) >= 11 is 3.87. The van der Waals surface area contributed by atoms with Gasteiger partial charge in [-0.3, -0.25) is 91.7 Å². The molecule has 0 aliphatic carbocycles. The molecule has 1 fully saturated rings. The van der Waals surface area contributed by atoms with Gasteiger partial charge in [-0.05, 0) is 95.1 Å². The highest BCUT2D eigenvalue weighted by Gasteiger charge is 2.42. The molecule has 1 heterocycles. The zero-order chi connectivity index (χ0) is 89.9. The minimum absolute atomic E-state index is 0.0140. The standard InChI is InChI=1S/C71H116N22O25S/c1-34(2)25-42(82-53(101)28-79-57(104)38(73)18-20-50(74)98)61(108)88-46(31-95)65(112)89-47(32-96)69(116)93-24-12-17-49(93)66(113)91-55(35(3)4)67(114)92-56(36(5)97)68(115)84-40(15-9-10-22-72)59(106)87-45(30-94)64(111)85-43(26-37-13-7-6-8-14-37)62(109)86-44(27-51(75)99)63(110)83-39(16-11-23-78-71(76)77)58(105)80-29-52(100)81-41(19-21-54(102)103)60(107)90-48(33-119)70(117)118/h6-8,13-14,34-36,38-49,55-56,94-97,119H,9-12,15-33,72-73H2,1-5H3,(H2,74,98)(H2,75,99)(H,79,104)(H,80,105)(H,81,100)(H,82,101)(H,83,110)(H,84,115)(H,85,111)(H,86,109)(H,87,106)(H,88,108)(H,89,112)(H,90,107)(H,91,113)(H,92,114)(H,102,103)(H,117,118)(H4,76,77,78)/t36-,38+,39+,40+,41+,42+,43+,44+,45+,46+,47+,48+,49+,55+,56+/m1/s1. The number of hydrogen-bond donors (Lipinski definition) is 28. The van der Waals surface area contributed by atoms with Gasteiger partial charge in [-0.25, -0.2) is 4.79 Å². The summed E-state index contributed by atoms with van der Waals surface area (Å²) in [6, 6.07) is -15.2. The molecule has 48 heteroatoms. The molecule has 666 valence electrons. The van der Waals surface area contributed by atoms with E-state index in [-0.39, 0.29) is 89.8 Å². The monoisotopic (exact) mass is 1710 g/mol. The summed E-state index contributed by atoms with van der Waals surface area (Å²) in [6.07, 6.45) is -4.67. The topological polar surface area (TPSA) is 783 Å². The SMILES string of the molecule is CC(C)C[C@H](NC(=O)CNC(=O)[C@@H](N)CCC(N)=O)C(=O)N[C@@H](CO)C(=O)N[C@@H](CO)C(=O)N1CCC[C@H]1C(=O)N[C@H](C(=O)N[C@H](C(=O)N[C@@H](CCCCN)C(=O)N[C@@H](CO)C(=O)N[C@@H](Cc1ccccc1)C(=O)N[C@@H](CC(N)=O)C(=O)N[C@@H](CCCNC(=N)N)C(=O)NCC(=O)N[C@@H](CCC(=O)O)C(=O)N[C@@H](CS)C(=O)O)[C@@H](C)O)C(C)C. The number of likely N-dealkylation sites (tertiary alicyclic amines) is 1. The maximum Gasteiger partial charge on any atom is 0.327 e. The lowest BCUT2D eigenvalue weighted by Crippen LogP contribution is -2.63. The number of amides is 17. The van der Waals surface area contributed by atoms with Crippen LogP contribution in [0.2, 0.25) is 0 Å². The Morgan fingerprint density at radius 1 is 0.504 bits per heavy atom. The fourth-order valence-corrected chi connectivity index (χ4v) is 11.9. The van der Waals surface area contributed by atoms with Gasteiger partial charge < -0.3 is 144 Å². The Bertz CT molecular complexity index is 3680. The zero-order valence-electron chi connectivity index (χ0n) is 66.7. The van der Waals surface area contributed by atoms with Crippen LogP contribution in [0.4, 0.5) is 0 Å². The minimum atomic E-state index is -1.95. The van der Waals surface area contributed by atoms with Crippen molar-refractivity contribution < 1.29 is 122 Å². The number of hydrogen-bond acceptors (Lipinski definition) is 27. The Balaban J connectivity index is 2.38. The normalized spacial score (nSPS) is 15.9. The number of carbonyl (C=O) groups excluding carboxylic acids is 17. The van der Waals surface area contributed by atoms with Crippen molar-refractivity contribution >= 4 is 131 Å². The second-order valence-corrected chi connectivity index (χ2v) is 29.0. The average Bonchev–Trinajstić information content (AvgIpc) is 1.72. The fourth-order valence-electron chi connectivity index (χ4n) is 11.6. The van der Waals surface area contributed by atoms with E-state index >= 15 is 0 Å². The summed E-state index contributed by atoms with van der Waals surface area (Å²) in [6.45, 7) is 2.48. The van der Waals surface area contributed by atoms with Gasteiger partial charge in [-0.15, -0.1) is 0 Å². The number of nitrogens with one attached hydrogen (secondary N) is 16. The summed E-state index contributed by atoms with van der Waals surface area (Å²) in [5, 5.41) is 103. The minimum Gasteiger partial charge on any atom is -0.481 e. The third kappa shape index (κ3) is 38.2. The Morgan fingerprint density at radius 3 is 1.49 bits per heavy atom. The number of nitrogens with zero attached hydrogens (tertiary/aromatic N) is 1. The van der Waals surface area contributed by atoms with Crippen LogP contribution in [0.15, 0.2) is 30.3 Å². The lowest BCUT2D eigenvalue weighted by molar-refractivity contribution is -0.144. The molecule has 1 aliphatic heterocycles. The maximum absolute atomic E-state index is 14.5. The van der Waals surface area contributed by atoms with E-state index in [0.29, 0.717) is 5.56 Å². The Hall–Kier alpha value is -11.5. The van der Waals surface area contributed by atoms with E-state index in [4.69, 9.17) is 34.1 Å². The van der Waals surface area contributed by atoms with Gasteiger partial charge in [0.2, 0.25) is 100 Å². The van der Waals surface area contributed by atoms with Gasteiger partial charge >= 0.3 is 11.9 Å². The lowest BCUT2D eigenvalue weighted by Gasteiger charge is -2.31. The molecule has 1 saturated heterocycles. The van der Waals surface area contributed by atoms with Crippen molar-refractivity contribution in [1.29, 1.82) is 5.41 Å². The molecule has 17 amide bonds. The summed E-state index contributed by atoms with van der Waals surface area (Å²) in [5.74, 6) is -22.9. The Labute approximate surface area is 690 Å². The summed E-state index contributed by atoms with van der Waals surface area (Å²) in [5.41, 5.74) is 27.9. The van der Waals surface area contributed by atoms with Gasteiger partial charge in [0.25, 0.3) is 0 Å². The van der Waals surface area contributed by atoms with E-state index in [1.165, 1.54) is 26.0 Å². The molecule has 2 rings (SSSR count). The van der Waals surface area contributed by atoms with E-state index in [2.05, 4.69) is 92.4 Å². The van der Waals surface area contributed by atoms with Crippen LogP contribution in [0.3, 0.4) is 0 Å². The van der Waals surface area contributed by atoms with Gasteiger partial charge in [0.05, 0.1) is 51.5 Å². The molecule has 0 unspecified atom stereocenters. The van der Waals surface area contributed by atoms with Crippen molar-refractivity contribution in [2.45, 2.75) is 215 Å². The molecule has 119 heavy (non-hydrogen) atoms. The quantitative estimate of drug-likeness (QED) is 0.0125. The van der Waals surface area contributed by atoms with E-state index in [0.717, 1.165) is 11.8 Å². The van der Waals surface area contributed by atoms with Crippen LogP contribution < -0.4 is 108 Å². The van der Waals surface area contributed by atoms with Crippen molar-refractivity contribution in [2.75, 3.05) is 58.3 Å². The third-order valence-corrected chi connectivity index (χ3v) is 18.4. The number of carboxylic acid groups (broad SMARTS) is 2. The number of carboxylic acids is 2. The zero-order valence-corrected chi connectivity index (χ0v) is 67.6. The Kier molecular flexibility index (Phi) is 46.8. The van der Waals surface area contributed by atoms with Crippen molar-refractivity contribution in [1.82, 2.24) is 84.7 Å². The molecule has 15 atom stereocenters. The first-order chi connectivity index (χ1) is 56.0. The van der Waals surface area contributed by atoms with Crippen LogP contribution in [0.25, 0.3) is 0 Å². The number of unbranched alkanes of at least 4 members (excludes halogenated alkanes) is 1. The molecule has 1 aromatic carbocycles. The van der Waals surface area contributed by atoms with Crippen LogP contribution in [-0.2, 0) is 97.5 Å². The van der Waals surface area contributed by atoms with Crippen LogP contribution in [0, 0.1) is 17.2 Å². The van der Waals surface area contributed by atoms with Crippen LogP contribution >= 0.6 is 12.6 Å². The predicted molar refractivity (Wildman–Crippen MR) is 422 cm³/mol. The van der Waals surface area contributed by atoms with E-state index < -0.39 is 279 Å². The predicted octanol–water partition coefficient (Wildman–Crippen LogP) is -11.9. The molecule has 47 nitrogen and oxygen atoms in total. The number of rotatable bonds is 56. The highest BCUT2D eigenvalue weighted by molar-refractivity contribution is 7.80. The molecular formula is C71H116N22O25S. The second kappa shape index (κ2) is 53.8. The number of carbonyl (C=O) groups is 19. The highest BCUT2D eigenvalue weighted by Crippen LogP contribution is 2.21. The van der Waals surface area contributed by atoms with Gasteiger partial charge in [0, 0.05) is 38.1 Å². The van der Waals surface area contributed by atoms with Gasteiger partial charge in [0.1, 0.15) is 78.5 Å². The van der Waals surface area contributed by atoms with E-state index in [1.807, 2.05) is 0 Å². The highest BCUT2D eigenvalue weighted by atomic mass is 32.1. The lowest BCUT2D eigenvalue weighted by atomic mass is 10.0. The van der Waals surface area contributed by atoms with Crippen molar-refractivity contribution in [3.05, 3.63) is 35.9 Å². The number of nitrogens with two attached hydrogens (primary N) is 5. The fraction of sp³-hybridized carbons (Fsp3) is 0.634. The molecule has 0 saturated carbocycles. The number of aliphatic hydroxyl groups excluding tert-OH is 4. The van der Waals surface area contributed by atoms with Crippen molar-refractivity contribution in [3.8, 4) is 0 Å². The first-order valence-electron chi connectivity index (χ1n) is 38.2. The van der Waals surface area contributed by atoms with E-state index in [9.17, 15) is 122 Å². The molecule has 0 spiro atoms. The number of benzene rings is 1. The first-order valence-corrected chi connectivity index (χ1v) is 38.8.